The Balaban J connectivity index is 2.37. The van der Waals surface area contributed by atoms with Gasteiger partial charge in [0.25, 0.3) is 0 Å². The molecule has 0 aliphatic rings. The molecule has 1 aromatic heterocycles. The monoisotopic (exact) mass is 285 g/mol. The molecule has 106 valence electrons. The smallest absolute Gasteiger partial charge is 0.152 e. The zero-order valence-corrected chi connectivity index (χ0v) is 11.6. The van der Waals surface area contributed by atoms with Crippen LogP contribution < -0.4 is 0 Å². The lowest BCUT2D eigenvalue weighted by Crippen LogP contribution is -1.90. The maximum Gasteiger partial charge on any atom is 0.152 e. The number of hydrogen-bond donors (Lipinski definition) is 1. The normalized spacial score (nSPS) is 11.0. The third-order valence-electron chi connectivity index (χ3n) is 3.61. The topological polar surface area (TPSA) is 32.9 Å². The first-order valence-electron chi connectivity index (χ1n) is 6.55. The Hall–Kier alpha value is -2.49. The van der Waals surface area contributed by atoms with E-state index in [0.717, 1.165) is 28.1 Å². The summed E-state index contributed by atoms with van der Waals surface area (Å²) in [6, 6.07) is 7.19. The van der Waals surface area contributed by atoms with Crippen molar-refractivity contribution in [1.82, 2.24) is 4.98 Å². The van der Waals surface area contributed by atoms with E-state index in [9.17, 15) is 13.6 Å². The molecule has 0 radical (unpaired) electrons. The van der Waals surface area contributed by atoms with Gasteiger partial charge in [0, 0.05) is 28.1 Å². The number of carbonyl (C=O) groups is 1. The predicted molar refractivity (Wildman–Crippen MR) is 78.5 cm³/mol. The predicted octanol–water partition coefficient (Wildman–Crippen LogP) is 4.54. The molecule has 21 heavy (non-hydrogen) atoms. The van der Waals surface area contributed by atoms with E-state index >= 15 is 0 Å². The van der Waals surface area contributed by atoms with Crippen LogP contribution in [0.2, 0.25) is 0 Å². The van der Waals surface area contributed by atoms with Gasteiger partial charge in [0.05, 0.1) is 5.69 Å². The molecule has 0 atom stereocenters. The highest BCUT2D eigenvalue weighted by molar-refractivity contribution is 6.05. The first kappa shape index (κ1) is 13.5. The Morgan fingerprint density at radius 1 is 1.10 bits per heavy atom. The summed E-state index contributed by atoms with van der Waals surface area (Å²) in [6.07, 6.45) is 0.704. The van der Waals surface area contributed by atoms with Crippen LogP contribution in [0.5, 0.6) is 0 Å². The van der Waals surface area contributed by atoms with Gasteiger partial charge in [0.15, 0.2) is 6.29 Å². The number of benzene rings is 2. The lowest BCUT2D eigenvalue weighted by Gasteiger charge is -2.02. The summed E-state index contributed by atoms with van der Waals surface area (Å²) in [5.41, 5.74) is 3.75. The van der Waals surface area contributed by atoms with Gasteiger partial charge in [-0.2, -0.15) is 0 Å². The van der Waals surface area contributed by atoms with E-state index in [2.05, 4.69) is 4.98 Å². The number of rotatable bonds is 2. The number of fused-ring (bicyclic) bond motifs is 1. The second-order valence-electron chi connectivity index (χ2n) is 5.16. The Bertz CT molecular complexity index is 865. The fourth-order valence-corrected chi connectivity index (χ4v) is 2.70. The summed E-state index contributed by atoms with van der Waals surface area (Å²) in [4.78, 5) is 14.6. The molecule has 0 aliphatic carbocycles. The van der Waals surface area contributed by atoms with E-state index in [1.807, 2.05) is 26.0 Å². The summed E-state index contributed by atoms with van der Waals surface area (Å²) >= 11 is 0. The van der Waals surface area contributed by atoms with Gasteiger partial charge in [-0.05, 0) is 37.6 Å². The van der Waals surface area contributed by atoms with Crippen LogP contribution >= 0.6 is 0 Å². The molecule has 1 N–H and O–H groups in total. The molecule has 2 nitrogen and oxygen atoms in total. The minimum atomic E-state index is -0.695. The van der Waals surface area contributed by atoms with Crippen LogP contribution in [0.25, 0.3) is 22.2 Å². The van der Waals surface area contributed by atoms with Crippen molar-refractivity contribution in [3.05, 3.63) is 58.7 Å². The van der Waals surface area contributed by atoms with Crippen molar-refractivity contribution >= 4 is 17.2 Å². The highest BCUT2D eigenvalue weighted by Crippen LogP contribution is 2.33. The zero-order valence-electron chi connectivity index (χ0n) is 11.6. The Kier molecular flexibility index (Phi) is 3.09. The summed E-state index contributed by atoms with van der Waals surface area (Å²) < 4.78 is 27.0. The van der Waals surface area contributed by atoms with Gasteiger partial charge < -0.3 is 4.98 Å². The van der Waals surface area contributed by atoms with E-state index in [-0.39, 0.29) is 5.56 Å². The highest BCUT2D eigenvalue weighted by atomic mass is 19.1. The van der Waals surface area contributed by atoms with E-state index in [1.54, 1.807) is 0 Å². The average Bonchev–Trinajstić information content (AvgIpc) is 2.77. The molecule has 0 bridgehead atoms. The van der Waals surface area contributed by atoms with Crippen molar-refractivity contribution in [2.24, 2.45) is 0 Å². The molecule has 3 aromatic rings. The molecule has 0 aliphatic heterocycles. The summed E-state index contributed by atoms with van der Waals surface area (Å²) in [5.74, 6) is -1.34. The van der Waals surface area contributed by atoms with Crippen LogP contribution in [0.3, 0.4) is 0 Å². The molecule has 0 saturated heterocycles. The number of hydrogen-bond acceptors (Lipinski definition) is 1. The average molecular weight is 285 g/mol. The number of carbonyl (C=O) groups excluding carboxylic acids is 1. The minimum Gasteiger partial charge on any atom is -0.354 e. The van der Waals surface area contributed by atoms with Crippen LogP contribution in [0.15, 0.2) is 30.3 Å². The molecule has 0 saturated carbocycles. The Morgan fingerprint density at radius 3 is 2.52 bits per heavy atom. The Labute approximate surface area is 120 Å². The van der Waals surface area contributed by atoms with Gasteiger partial charge in [-0.1, -0.05) is 11.6 Å². The van der Waals surface area contributed by atoms with Crippen molar-refractivity contribution < 1.29 is 13.6 Å². The number of aldehydes is 1. The van der Waals surface area contributed by atoms with E-state index in [1.165, 1.54) is 12.1 Å². The zero-order chi connectivity index (χ0) is 15.1. The van der Waals surface area contributed by atoms with Gasteiger partial charge in [-0.3, -0.25) is 4.79 Å². The van der Waals surface area contributed by atoms with E-state index in [4.69, 9.17) is 0 Å². The van der Waals surface area contributed by atoms with Gasteiger partial charge in [-0.15, -0.1) is 0 Å². The van der Waals surface area contributed by atoms with Crippen LogP contribution in [0.4, 0.5) is 8.78 Å². The Morgan fingerprint density at radius 2 is 1.86 bits per heavy atom. The molecule has 0 fully saturated rings. The van der Waals surface area contributed by atoms with Crippen molar-refractivity contribution in [3.8, 4) is 11.3 Å². The SMILES string of the molecule is Cc1cc(C)c2[nH]c(-c3ccc(F)cc3F)c(C=O)c2c1. The number of halogens is 2. The van der Waals surface area contributed by atoms with Crippen LogP contribution in [0, 0.1) is 25.5 Å². The molecule has 0 amide bonds. The number of H-pyrrole nitrogens is 1. The van der Waals surface area contributed by atoms with Gasteiger partial charge in [0.1, 0.15) is 11.6 Å². The molecule has 0 spiro atoms. The number of nitrogens with one attached hydrogen (secondary N) is 1. The minimum absolute atomic E-state index is 0.187. The van der Waals surface area contributed by atoms with E-state index < -0.39 is 11.6 Å². The van der Waals surface area contributed by atoms with Gasteiger partial charge in [-0.25, -0.2) is 8.78 Å². The maximum absolute atomic E-state index is 14.0. The van der Waals surface area contributed by atoms with Crippen molar-refractivity contribution in [3.63, 3.8) is 0 Å². The van der Waals surface area contributed by atoms with Crippen LogP contribution in [0.1, 0.15) is 21.5 Å². The number of aromatic amines is 1. The third kappa shape index (κ3) is 2.13. The van der Waals surface area contributed by atoms with Crippen LogP contribution in [-0.4, -0.2) is 11.3 Å². The fourth-order valence-electron chi connectivity index (χ4n) is 2.70. The molecule has 2 aromatic carbocycles. The van der Waals surface area contributed by atoms with E-state index in [0.29, 0.717) is 17.5 Å². The second kappa shape index (κ2) is 4.81. The molecule has 4 heteroatoms. The van der Waals surface area contributed by atoms with Gasteiger partial charge in [0.2, 0.25) is 0 Å². The summed E-state index contributed by atoms with van der Waals surface area (Å²) in [5, 5.41) is 0.751. The third-order valence-corrected chi connectivity index (χ3v) is 3.61. The highest BCUT2D eigenvalue weighted by Gasteiger charge is 2.17. The first-order chi connectivity index (χ1) is 10.0. The van der Waals surface area contributed by atoms with Crippen molar-refractivity contribution in [1.29, 1.82) is 0 Å². The largest absolute Gasteiger partial charge is 0.354 e. The lowest BCUT2D eigenvalue weighted by molar-refractivity contribution is 0.112. The summed E-state index contributed by atoms with van der Waals surface area (Å²) in [7, 11) is 0. The fraction of sp³-hybridized carbons (Fsp3) is 0.118. The van der Waals surface area contributed by atoms with Crippen molar-refractivity contribution in [2.75, 3.05) is 0 Å². The van der Waals surface area contributed by atoms with Gasteiger partial charge >= 0.3 is 0 Å². The molecular formula is C17H13F2NO. The standard InChI is InChI=1S/C17H13F2NO/c1-9-5-10(2)16-13(6-9)14(8-21)17(20-16)12-4-3-11(18)7-15(12)19/h3-8,20H,1-2H3. The maximum atomic E-state index is 14.0. The molecular weight excluding hydrogens is 272 g/mol. The summed E-state index contributed by atoms with van der Waals surface area (Å²) in [6.45, 7) is 3.86. The molecule has 0 unspecified atom stereocenters. The molecule has 3 rings (SSSR count). The lowest BCUT2D eigenvalue weighted by atomic mass is 10.0. The first-order valence-corrected chi connectivity index (χ1v) is 6.55. The van der Waals surface area contributed by atoms with Crippen LogP contribution in [-0.2, 0) is 0 Å². The molecule has 1 heterocycles. The number of aromatic nitrogens is 1. The second-order valence-corrected chi connectivity index (χ2v) is 5.16. The van der Waals surface area contributed by atoms with Crippen molar-refractivity contribution in [2.45, 2.75) is 13.8 Å². The quantitative estimate of drug-likeness (QED) is 0.689. The number of aryl methyl sites for hydroxylation is 2.